The van der Waals surface area contributed by atoms with Gasteiger partial charge in [0.1, 0.15) is 40.5 Å². The van der Waals surface area contributed by atoms with Crippen LogP contribution in [0.3, 0.4) is 0 Å². The van der Waals surface area contributed by atoms with E-state index in [4.69, 9.17) is 18.9 Å². The molecule has 2 saturated carbocycles. The second-order valence-electron chi connectivity index (χ2n) is 16.7. The third-order valence-electron chi connectivity index (χ3n) is 12.5. The Bertz CT molecular complexity index is 2150. The van der Waals surface area contributed by atoms with Crippen molar-refractivity contribution in [2.45, 2.75) is 125 Å². The van der Waals surface area contributed by atoms with E-state index in [2.05, 4.69) is 22.5 Å². The molecular weight excluding hydrogens is 828 g/mol. The highest BCUT2D eigenvalue weighted by Crippen LogP contribution is 2.45. The van der Waals surface area contributed by atoms with E-state index in [1.54, 1.807) is 12.1 Å². The molecule has 19 heteroatoms. The maximum Gasteiger partial charge on any atom is 0.410 e. The summed E-state index contributed by atoms with van der Waals surface area (Å²) in [6.45, 7) is 4.32. The van der Waals surface area contributed by atoms with Crippen LogP contribution in [0.25, 0.3) is 0 Å². The highest BCUT2D eigenvalue weighted by atomic mass is 32.2. The molecule has 62 heavy (non-hydrogen) atoms. The average molecular weight is 883 g/mol. The molecule has 5 atom stereocenters. The van der Waals surface area contributed by atoms with Gasteiger partial charge in [0.2, 0.25) is 11.8 Å². The highest BCUT2D eigenvalue weighted by molar-refractivity contribution is 7.90. The SMILES string of the molecule is C=C[C@@H]1C[C@@]12NC(=O)[C@@H]1C[C@@H](OC(=O)N3Cc4cc(OC)c(OC)cc4C3)CN1C(=O)[C@@H](NC(=O)OC1CCCC1)CCCCCCCNc1ccc(F)cc1S(=O)(=O)NC2=O. The van der Waals surface area contributed by atoms with Crippen LogP contribution in [0.15, 0.2) is 47.9 Å². The lowest BCUT2D eigenvalue weighted by atomic mass is 10.0. The van der Waals surface area contributed by atoms with Crippen LogP contribution < -0.4 is 30.1 Å². The van der Waals surface area contributed by atoms with Crippen LogP contribution in [-0.4, -0.2) is 105 Å². The van der Waals surface area contributed by atoms with Gasteiger partial charge >= 0.3 is 12.2 Å². The van der Waals surface area contributed by atoms with Crippen molar-refractivity contribution >= 4 is 45.6 Å². The van der Waals surface area contributed by atoms with E-state index in [1.165, 1.54) is 36.2 Å². The number of benzene rings is 2. The van der Waals surface area contributed by atoms with Gasteiger partial charge in [-0.2, -0.15) is 0 Å². The van der Waals surface area contributed by atoms with Gasteiger partial charge in [0.05, 0.1) is 26.5 Å². The van der Waals surface area contributed by atoms with Gasteiger partial charge in [0.25, 0.3) is 15.9 Å². The van der Waals surface area contributed by atoms with Crippen molar-refractivity contribution in [2.24, 2.45) is 5.92 Å². The molecule has 3 heterocycles. The van der Waals surface area contributed by atoms with E-state index in [1.807, 2.05) is 4.72 Å². The number of hydrogen-bond acceptors (Lipinski definition) is 12. The molecule has 1 saturated heterocycles. The van der Waals surface area contributed by atoms with E-state index < -0.39 is 80.3 Å². The largest absolute Gasteiger partial charge is 0.493 e. The molecule has 336 valence electrons. The third kappa shape index (κ3) is 9.71. The van der Waals surface area contributed by atoms with Gasteiger partial charge in [0, 0.05) is 32.0 Å². The number of nitrogens with zero attached hydrogens (tertiary/aromatic N) is 2. The first-order valence-corrected chi connectivity index (χ1v) is 22.8. The van der Waals surface area contributed by atoms with E-state index in [9.17, 15) is 36.8 Å². The van der Waals surface area contributed by atoms with Gasteiger partial charge in [-0.15, -0.1) is 6.58 Å². The molecule has 7 rings (SSSR count). The topological polar surface area (TPSA) is 211 Å². The van der Waals surface area contributed by atoms with E-state index >= 15 is 0 Å². The summed E-state index contributed by atoms with van der Waals surface area (Å²) in [5.74, 6) is -3.00. The number of sulfonamides is 1. The van der Waals surface area contributed by atoms with Crippen molar-refractivity contribution in [2.75, 3.05) is 32.6 Å². The number of alkyl carbamates (subject to hydrolysis) is 1. The van der Waals surface area contributed by atoms with Gasteiger partial charge in [-0.05, 0) is 86.4 Å². The van der Waals surface area contributed by atoms with Crippen LogP contribution in [0.5, 0.6) is 11.5 Å². The van der Waals surface area contributed by atoms with E-state index in [0.29, 0.717) is 37.3 Å². The predicted octanol–water partition coefficient (Wildman–Crippen LogP) is 4.63. The summed E-state index contributed by atoms with van der Waals surface area (Å²) in [7, 11) is -1.65. The second kappa shape index (κ2) is 18.8. The summed E-state index contributed by atoms with van der Waals surface area (Å²) in [4.78, 5) is 72.4. The first kappa shape index (κ1) is 44.5. The fraction of sp³-hybridized carbons (Fsp3) is 0.558. The third-order valence-corrected chi connectivity index (χ3v) is 13.8. The molecule has 3 fully saturated rings. The number of fused-ring (bicyclic) bond motifs is 3. The minimum atomic E-state index is -4.67. The van der Waals surface area contributed by atoms with Crippen molar-refractivity contribution in [1.82, 2.24) is 25.2 Å². The number of rotatable bonds is 6. The van der Waals surface area contributed by atoms with Crippen LogP contribution in [0.4, 0.5) is 19.7 Å². The Balaban J connectivity index is 1.16. The number of carbonyl (C=O) groups excluding carboxylic acids is 5. The predicted molar refractivity (Wildman–Crippen MR) is 222 cm³/mol. The van der Waals surface area contributed by atoms with Gasteiger partial charge < -0.3 is 39.8 Å². The quantitative estimate of drug-likeness (QED) is 0.293. The molecule has 0 aromatic heterocycles. The van der Waals surface area contributed by atoms with Crippen molar-refractivity contribution in [3.8, 4) is 11.5 Å². The lowest BCUT2D eigenvalue weighted by Crippen LogP contribution is -2.58. The minimum absolute atomic E-state index is 0.0147. The Morgan fingerprint density at radius 1 is 0.903 bits per heavy atom. The maximum atomic E-state index is 14.7. The molecule has 1 spiro atoms. The molecule has 5 aliphatic rings. The zero-order chi connectivity index (χ0) is 44.2. The van der Waals surface area contributed by atoms with Crippen LogP contribution in [0.2, 0.25) is 0 Å². The molecule has 0 bridgehead atoms. The Labute approximate surface area is 360 Å². The Morgan fingerprint density at radius 2 is 1.56 bits per heavy atom. The van der Waals surface area contributed by atoms with Crippen LogP contribution in [0, 0.1) is 11.7 Å². The fourth-order valence-corrected chi connectivity index (χ4v) is 10.2. The van der Waals surface area contributed by atoms with Crippen molar-refractivity contribution in [3.63, 3.8) is 0 Å². The summed E-state index contributed by atoms with van der Waals surface area (Å²) in [5.41, 5.74) is -0.0243. The number of nitrogens with one attached hydrogen (secondary N) is 4. The molecule has 3 aliphatic heterocycles. The van der Waals surface area contributed by atoms with E-state index in [-0.39, 0.29) is 50.7 Å². The number of halogens is 1. The molecule has 2 aromatic carbocycles. The summed E-state index contributed by atoms with van der Waals surface area (Å²) in [6.07, 6.45) is 5.40. The molecule has 0 unspecified atom stereocenters. The molecule has 2 aliphatic carbocycles. The standard InChI is InChI=1S/C43H55FN6O11S/c1-4-28-22-43(28)40(53)48-62(56,57)37-20-29(44)15-16-32(37)45-17-11-7-5-6-8-14-33(46-41(54)60-30-12-9-10-13-30)39(52)50-25-31(21-34(50)38(51)47-43)61-42(55)49-23-26-18-35(58-2)36(59-3)19-27(26)24-49/h4,15-16,18-20,28,30-31,33-34,45H,1,5-14,17,21-25H2,2-3H3,(H,46,54)(H,47,51)(H,48,53)/t28-,31-,33+,34+,43-/m1/s1. The second-order valence-corrected chi connectivity index (χ2v) is 18.3. The lowest BCUT2D eigenvalue weighted by Gasteiger charge is -2.30. The van der Waals surface area contributed by atoms with E-state index in [0.717, 1.165) is 61.8 Å². The number of amides is 5. The summed E-state index contributed by atoms with van der Waals surface area (Å²) in [5, 5.41) is 8.52. The molecule has 5 amide bonds. The first-order chi connectivity index (χ1) is 29.7. The highest BCUT2D eigenvalue weighted by Gasteiger charge is 2.61. The molecule has 17 nitrogen and oxygen atoms in total. The normalized spacial score (nSPS) is 26.8. The summed E-state index contributed by atoms with van der Waals surface area (Å²) in [6, 6.07) is 4.39. The molecular formula is C43H55FN6O11S. The van der Waals surface area contributed by atoms with Crippen molar-refractivity contribution in [3.05, 3.63) is 59.9 Å². The van der Waals surface area contributed by atoms with Gasteiger partial charge in [0.15, 0.2) is 11.5 Å². The van der Waals surface area contributed by atoms with Gasteiger partial charge in [-0.1, -0.05) is 31.8 Å². The Kier molecular flexibility index (Phi) is 13.5. The van der Waals surface area contributed by atoms with Crippen LogP contribution in [-0.2, 0) is 47.0 Å². The zero-order valence-electron chi connectivity index (χ0n) is 35.0. The maximum absolute atomic E-state index is 14.7. The summed E-state index contributed by atoms with van der Waals surface area (Å²) < 4.78 is 66.5. The molecule has 4 N–H and O–H groups in total. The smallest absolute Gasteiger partial charge is 0.410 e. The first-order valence-electron chi connectivity index (χ1n) is 21.3. The number of ether oxygens (including phenoxy) is 4. The summed E-state index contributed by atoms with van der Waals surface area (Å²) >= 11 is 0. The number of methoxy groups -OCH3 is 2. The average Bonchev–Trinajstić information content (AvgIpc) is 3.62. The number of carbonyl (C=O) groups is 5. The van der Waals surface area contributed by atoms with Crippen LogP contribution in [0.1, 0.15) is 88.2 Å². The fourth-order valence-electron chi connectivity index (χ4n) is 8.93. The Hall–Kier alpha value is -5.59. The Morgan fingerprint density at radius 3 is 2.23 bits per heavy atom. The zero-order valence-corrected chi connectivity index (χ0v) is 35.9. The van der Waals surface area contributed by atoms with Crippen LogP contribution >= 0.6 is 0 Å². The lowest BCUT2D eigenvalue weighted by molar-refractivity contribution is -0.141. The monoisotopic (exact) mass is 882 g/mol. The van der Waals surface area contributed by atoms with Gasteiger partial charge in [-0.3, -0.25) is 19.3 Å². The number of anilines is 1. The van der Waals surface area contributed by atoms with Gasteiger partial charge in [-0.25, -0.2) is 27.1 Å². The number of hydrogen-bond donors (Lipinski definition) is 4. The minimum Gasteiger partial charge on any atom is -0.493 e. The molecule has 0 radical (unpaired) electrons. The molecule has 2 aromatic rings. The van der Waals surface area contributed by atoms with Crippen molar-refractivity contribution in [1.29, 1.82) is 0 Å². The van der Waals surface area contributed by atoms with Crippen molar-refractivity contribution < 1.29 is 55.7 Å².